The van der Waals surface area contributed by atoms with Gasteiger partial charge in [0, 0.05) is 18.2 Å². The van der Waals surface area contributed by atoms with E-state index in [1.807, 2.05) is 17.7 Å². The van der Waals surface area contributed by atoms with Crippen LogP contribution in [0.25, 0.3) is 0 Å². The minimum Gasteiger partial charge on any atom is -0.481 e. The summed E-state index contributed by atoms with van der Waals surface area (Å²) in [4.78, 5) is 10.8. The summed E-state index contributed by atoms with van der Waals surface area (Å²) in [5.41, 5.74) is 1.90. The Balaban J connectivity index is 2.29. The molecular weight excluding hydrogens is 192 g/mol. The van der Waals surface area contributed by atoms with E-state index in [-0.39, 0.29) is 0 Å². The molecule has 1 unspecified atom stereocenters. The van der Waals surface area contributed by atoms with Crippen LogP contribution in [0.15, 0.2) is 6.07 Å². The molecule has 0 spiro atoms. The Kier molecular flexibility index (Phi) is 2.50. The number of carbonyl (C=O) groups is 1. The Bertz CT molecular complexity index is 380. The maximum Gasteiger partial charge on any atom is 0.312 e. The van der Waals surface area contributed by atoms with E-state index in [0.29, 0.717) is 11.6 Å². The summed E-state index contributed by atoms with van der Waals surface area (Å²) in [5, 5.41) is 13.3. The molecule has 1 atom stereocenters. The number of nitrogens with zero attached hydrogens (tertiary/aromatic N) is 2. The number of carboxylic acids is 1. The lowest BCUT2D eigenvalue weighted by Crippen LogP contribution is -2.09. The van der Waals surface area contributed by atoms with Crippen LogP contribution >= 0.6 is 0 Å². The Morgan fingerprint density at radius 3 is 2.87 bits per heavy atom. The largest absolute Gasteiger partial charge is 0.481 e. The second-order valence-corrected chi connectivity index (χ2v) is 4.14. The van der Waals surface area contributed by atoms with Gasteiger partial charge in [0.2, 0.25) is 0 Å². The maximum absolute atomic E-state index is 10.8. The molecule has 1 fully saturated rings. The predicted octanol–water partition coefficient (Wildman–Crippen LogP) is 1.97. The molecular formula is C11H16N2O2. The molecule has 4 heteroatoms. The van der Waals surface area contributed by atoms with Crippen molar-refractivity contribution in [3.63, 3.8) is 0 Å². The molecule has 0 aromatic carbocycles. The van der Waals surface area contributed by atoms with Gasteiger partial charge < -0.3 is 5.11 Å². The normalized spacial score (nSPS) is 17.7. The highest BCUT2D eigenvalue weighted by molar-refractivity contribution is 5.74. The fourth-order valence-corrected chi connectivity index (χ4v) is 1.75. The SMILES string of the molecule is CCn1nc(C(C)C(=O)O)cc1C1CC1. The molecule has 1 aliphatic rings. The van der Waals surface area contributed by atoms with E-state index in [0.717, 1.165) is 6.54 Å². The zero-order valence-electron chi connectivity index (χ0n) is 9.10. The number of aliphatic carboxylic acids is 1. The number of rotatable bonds is 4. The van der Waals surface area contributed by atoms with Crippen molar-refractivity contribution in [3.8, 4) is 0 Å². The Morgan fingerprint density at radius 2 is 2.40 bits per heavy atom. The monoisotopic (exact) mass is 208 g/mol. The van der Waals surface area contributed by atoms with Crippen molar-refractivity contribution < 1.29 is 9.90 Å². The van der Waals surface area contributed by atoms with Crippen LogP contribution in [0.4, 0.5) is 0 Å². The van der Waals surface area contributed by atoms with Gasteiger partial charge in [-0.1, -0.05) is 0 Å². The summed E-state index contributed by atoms with van der Waals surface area (Å²) < 4.78 is 1.94. The van der Waals surface area contributed by atoms with Gasteiger partial charge in [-0.3, -0.25) is 9.48 Å². The molecule has 0 saturated heterocycles. The highest BCUT2D eigenvalue weighted by atomic mass is 16.4. The summed E-state index contributed by atoms with van der Waals surface area (Å²) in [7, 11) is 0. The van der Waals surface area contributed by atoms with Crippen LogP contribution in [0.3, 0.4) is 0 Å². The first-order valence-corrected chi connectivity index (χ1v) is 5.44. The first kappa shape index (κ1) is 10.2. The van der Waals surface area contributed by atoms with Crippen molar-refractivity contribution in [1.29, 1.82) is 0 Å². The molecule has 1 aromatic rings. The number of aryl methyl sites for hydroxylation is 1. The average Bonchev–Trinajstić information content (AvgIpc) is 2.96. The molecule has 15 heavy (non-hydrogen) atoms. The number of aromatic nitrogens is 2. The molecule has 1 heterocycles. The molecule has 1 saturated carbocycles. The van der Waals surface area contributed by atoms with Crippen LogP contribution in [0.5, 0.6) is 0 Å². The zero-order chi connectivity index (χ0) is 11.0. The van der Waals surface area contributed by atoms with E-state index >= 15 is 0 Å². The molecule has 1 aromatic heterocycles. The molecule has 82 valence electrons. The molecule has 2 rings (SSSR count). The minimum atomic E-state index is -0.807. The van der Waals surface area contributed by atoms with Gasteiger partial charge >= 0.3 is 5.97 Å². The number of carboxylic acid groups (broad SMARTS) is 1. The van der Waals surface area contributed by atoms with Crippen molar-refractivity contribution in [2.45, 2.75) is 45.1 Å². The van der Waals surface area contributed by atoms with Gasteiger partial charge in [0.05, 0.1) is 11.6 Å². The smallest absolute Gasteiger partial charge is 0.312 e. The van der Waals surface area contributed by atoms with Gasteiger partial charge in [-0.2, -0.15) is 5.10 Å². The van der Waals surface area contributed by atoms with Gasteiger partial charge in [-0.15, -0.1) is 0 Å². The molecule has 0 radical (unpaired) electrons. The van der Waals surface area contributed by atoms with E-state index in [1.165, 1.54) is 18.5 Å². The van der Waals surface area contributed by atoms with Crippen LogP contribution in [-0.4, -0.2) is 20.9 Å². The zero-order valence-corrected chi connectivity index (χ0v) is 9.10. The van der Waals surface area contributed by atoms with Crippen LogP contribution in [-0.2, 0) is 11.3 Å². The Hall–Kier alpha value is -1.32. The summed E-state index contributed by atoms with van der Waals surface area (Å²) in [6.45, 7) is 4.54. The second-order valence-electron chi connectivity index (χ2n) is 4.14. The van der Waals surface area contributed by atoms with Crippen LogP contribution in [0.2, 0.25) is 0 Å². The summed E-state index contributed by atoms with van der Waals surface area (Å²) in [5.74, 6) is -0.694. The lowest BCUT2D eigenvalue weighted by Gasteiger charge is -2.01. The summed E-state index contributed by atoms with van der Waals surface area (Å²) in [6.07, 6.45) is 2.43. The molecule has 1 aliphatic carbocycles. The highest BCUT2D eigenvalue weighted by Crippen LogP contribution is 2.40. The van der Waals surface area contributed by atoms with E-state index in [9.17, 15) is 4.79 Å². The van der Waals surface area contributed by atoms with Gasteiger partial charge in [0.1, 0.15) is 0 Å². The fraction of sp³-hybridized carbons (Fsp3) is 0.636. The van der Waals surface area contributed by atoms with Crippen molar-refractivity contribution in [1.82, 2.24) is 9.78 Å². The average molecular weight is 208 g/mol. The van der Waals surface area contributed by atoms with Gasteiger partial charge in [0.25, 0.3) is 0 Å². The molecule has 1 N–H and O–H groups in total. The van der Waals surface area contributed by atoms with Crippen LogP contribution in [0.1, 0.15) is 49.9 Å². The van der Waals surface area contributed by atoms with E-state index in [4.69, 9.17) is 5.11 Å². The predicted molar refractivity (Wildman–Crippen MR) is 55.9 cm³/mol. The number of hydrogen-bond donors (Lipinski definition) is 1. The number of hydrogen-bond acceptors (Lipinski definition) is 2. The Morgan fingerprint density at radius 1 is 1.73 bits per heavy atom. The van der Waals surface area contributed by atoms with Crippen molar-refractivity contribution in [2.24, 2.45) is 0 Å². The quantitative estimate of drug-likeness (QED) is 0.823. The summed E-state index contributed by atoms with van der Waals surface area (Å²) in [6, 6.07) is 1.96. The Labute approximate surface area is 88.9 Å². The molecule has 0 aliphatic heterocycles. The van der Waals surface area contributed by atoms with Gasteiger partial charge in [-0.25, -0.2) is 0 Å². The third-order valence-corrected chi connectivity index (χ3v) is 2.94. The van der Waals surface area contributed by atoms with E-state index in [1.54, 1.807) is 6.92 Å². The minimum absolute atomic E-state index is 0.504. The molecule has 0 bridgehead atoms. The van der Waals surface area contributed by atoms with E-state index < -0.39 is 11.9 Å². The van der Waals surface area contributed by atoms with Crippen LogP contribution < -0.4 is 0 Å². The van der Waals surface area contributed by atoms with Gasteiger partial charge in [0.15, 0.2) is 0 Å². The van der Waals surface area contributed by atoms with Crippen molar-refractivity contribution in [2.75, 3.05) is 0 Å². The maximum atomic E-state index is 10.8. The summed E-state index contributed by atoms with van der Waals surface area (Å²) >= 11 is 0. The third-order valence-electron chi connectivity index (χ3n) is 2.94. The molecule has 4 nitrogen and oxygen atoms in total. The standard InChI is InChI=1S/C11H16N2O2/c1-3-13-10(8-4-5-8)6-9(12-13)7(2)11(14)15/h6-8H,3-5H2,1-2H3,(H,14,15). The first-order chi connectivity index (χ1) is 7.13. The lowest BCUT2D eigenvalue weighted by atomic mass is 10.1. The highest BCUT2D eigenvalue weighted by Gasteiger charge is 2.29. The van der Waals surface area contributed by atoms with Crippen molar-refractivity contribution in [3.05, 3.63) is 17.5 Å². The van der Waals surface area contributed by atoms with Gasteiger partial charge in [-0.05, 0) is 32.8 Å². The van der Waals surface area contributed by atoms with E-state index in [2.05, 4.69) is 5.10 Å². The van der Waals surface area contributed by atoms with Crippen LogP contribution in [0, 0.1) is 0 Å². The lowest BCUT2D eigenvalue weighted by molar-refractivity contribution is -0.138. The molecule has 0 amide bonds. The first-order valence-electron chi connectivity index (χ1n) is 5.44. The second kappa shape index (κ2) is 3.68. The third kappa shape index (κ3) is 1.89. The van der Waals surface area contributed by atoms with Crippen molar-refractivity contribution >= 4 is 5.97 Å². The fourth-order valence-electron chi connectivity index (χ4n) is 1.75. The topological polar surface area (TPSA) is 55.1 Å².